The largest absolute Gasteiger partial charge is 0.376 e. The molecule has 2 nitrogen and oxygen atoms in total. The molecule has 16 heavy (non-hydrogen) atoms. The van der Waals surface area contributed by atoms with Gasteiger partial charge in [0.25, 0.3) is 0 Å². The van der Waals surface area contributed by atoms with Crippen LogP contribution >= 0.6 is 0 Å². The van der Waals surface area contributed by atoms with Crippen molar-refractivity contribution in [3.63, 3.8) is 0 Å². The summed E-state index contributed by atoms with van der Waals surface area (Å²) < 4.78 is 24.4. The summed E-state index contributed by atoms with van der Waals surface area (Å²) in [7, 11) is 1.69. The molecule has 2 unspecified atom stereocenters. The zero-order valence-corrected chi connectivity index (χ0v) is 9.70. The second-order valence-corrected chi connectivity index (χ2v) is 4.45. The van der Waals surface area contributed by atoms with Gasteiger partial charge in [0.05, 0.1) is 18.3 Å². The van der Waals surface area contributed by atoms with Gasteiger partial charge in [0.1, 0.15) is 5.82 Å². The summed E-state index contributed by atoms with van der Waals surface area (Å²) in [5.41, 5.74) is 0.415. The number of methoxy groups -OCH3 is 1. The number of halogens is 1. The zero-order valence-electron chi connectivity index (χ0n) is 9.70. The van der Waals surface area contributed by atoms with Crippen molar-refractivity contribution >= 4 is 0 Å². The van der Waals surface area contributed by atoms with E-state index >= 15 is 0 Å². The molecule has 1 aromatic rings. The van der Waals surface area contributed by atoms with Crippen molar-refractivity contribution in [3.8, 4) is 0 Å². The lowest BCUT2D eigenvalue weighted by atomic mass is 9.78. The maximum Gasteiger partial charge on any atom is 0.128 e. The quantitative estimate of drug-likeness (QED) is 0.783. The van der Waals surface area contributed by atoms with Crippen molar-refractivity contribution in [2.45, 2.75) is 38.1 Å². The van der Waals surface area contributed by atoms with E-state index in [1.165, 1.54) is 6.07 Å². The van der Waals surface area contributed by atoms with E-state index in [1.54, 1.807) is 19.2 Å². The lowest BCUT2D eigenvalue weighted by molar-refractivity contribution is -0.183. The van der Waals surface area contributed by atoms with Gasteiger partial charge in [0.2, 0.25) is 0 Å². The number of ether oxygens (including phenoxy) is 2. The van der Waals surface area contributed by atoms with Gasteiger partial charge in [-0.2, -0.15) is 0 Å². The average Bonchev–Trinajstić information content (AvgIpc) is 2.29. The molecule has 1 aliphatic rings. The second kappa shape index (κ2) is 4.52. The third-order valence-electron chi connectivity index (χ3n) is 3.45. The van der Waals surface area contributed by atoms with Crippen molar-refractivity contribution in [3.05, 3.63) is 35.6 Å². The Hall–Kier alpha value is -0.930. The van der Waals surface area contributed by atoms with Gasteiger partial charge in [-0.3, -0.25) is 0 Å². The number of rotatable bonds is 4. The van der Waals surface area contributed by atoms with Gasteiger partial charge in [-0.15, -0.1) is 0 Å². The third-order valence-corrected chi connectivity index (χ3v) is 3.45. The molecule has 0 aliphatic heterocycles. The Balaban J connectivity index is 1.91. The van der Waals surface area contributed by atoms with Crippen LogP contribution in [0.2, 0.25) is 0 Å². The van der Waals surface area contributed by atoms with Crippen LogP contribution in [0.3, 0.4) is 0 Å². The van der Waals surface area contributed by atoms with Gasteiger partial charge >= 0.3 is 0 Å². The molecule has 2 rings (SSSR count). The van der Waals surface area contributed by atoms with E-state index in [2.05, 4.69) is 0 Å². The minimum absolute atomic E-state index is 0.0807. The summed E-state index contributed by atoms with van der Waals surface area (Å²) in [6.45, 7) is 2.35. The Morgan fingerprint density at radius 1 is 1.44 bits per heavy atom. The van der Waals surface area contributed by atoms with Crippen LogP contribution in [0, 0.1) is 5.82 Å². The molecular formula is C13H17FO2. The predicted octanol–water partition coefficient (Wildman–Crippen LogP) is 2.91. The Morgan fingerprint density at radius 3 is 2.75 bits per heavy atom. The van der Waals surface area contributed by atoms with E-state index in [4.69, 9.17) is 9.47 Å². The van der Waals surface area contributed by atoms with Gasteiger partial charge in [-0.05, 0) is 25.8 Å². The molecule has 0 radical (unpaired) electrons. The summed E-state index contributed by atoms with van der Waals surface area (Å²) in [5, 5.41) is 0. The van der Waals surface area contributed by atoms with Gasteiger partial charge in [0.15, 0.2) is 0 Å². The van der Waals surface area contributed by atoms with E-state index in [0.717, 1.165) is 12.8 Å². The standard InChI is InChI=1S/C13H17FO2/c1-13(15-2)8-7-12(13)16-9-10-5-3-4-6-11(10)14/h3-6,12H,7-9H2,1-2H3. The van der Waals surface area contributed by atoms with Crippen molar-refractivity contribution in [1.29, 1.82) is 0 Å². The molecule has 0 aromatic heterocycles. The Labute approximate surface area is 95.4 Å². The monoisotopic (exact) mass is 224 g/mol. The average molecular weight is 224 g/mol. The first-order chi connectivity index (χ1) is 7.65. The summed E-state index contributed by atoms with van der Waals surface area (Å²) in [6, 6.07) is 6.70. The fourth-order valence-corrected chi connectivity index (χ4v) is 1.97. The normalized spacial score (nSPS) is 28.8. The van der Waals surface area contributed by atoms with Crippen LogP contribution in [-0.4, -0.2) is 18.8 Å². The molecule has 1 aliphatic carbocycles. The van der Waals surface area contributed by atoms with Crippen molar-refractivity contribution in [2.24, 2.45) is 0 Å². The summed E-state index contributed by atoms with van der Waals surface area (Å²) >= 11 is 0. The number of hydrogen-bond donors (Lipinski definition) is 0. The smallest absolute Gasteiger partial charge is 0.128 e. The highest BCUT2D eigenvalue weighted by atomic mass is 19.1. The second-order valence-electron chi connectivity index (χ2n) is 4.45. The first-order valence-electron chi connectivity index (χ1n) is 5.56. The summed E-state index contributed by atoms with van der Waals surface area (Å²) in [6.07, 6.45) is 2.07. The topological polar surface area (TPSA) is 18.5 Å². The van der Waals surface area contributed by atoms with Gasteiger partial charge in [-0.25, -0.2) is 4.39 Å². The molecule has 0 heterocycles. The maximum absolute atomic E-state index is 13.3. The fourth-order valence-electron chi connectivity index (χ4n) is 1.97. The lowest BCUT2D eigenvalue weighted by Crippen LogP contribution is -2.51. The molecule has 0 bridgehead atoms. The molecule has 3 heteroatoms. The molecule has 0 spiro atoms. The molecule has 1 aromatic carbocycles. The molecule has 1 fully saturated rings. The highest BCUT2D eigenvalue weighted by Gasteiger charge is 2.43. The highest BCUT2D eigenvalue weighted by Crippen LogP contribution is 2.37. The minimum atomic E-state index is -0.207. The van der Waals surface area contributed by atoms with Crippen LogP contribution < -0.4 is 0 Å². The first kappa shape index (κ1) is 11.6. The molecule has 0 N–H and O–H groups in total. The van der Waals surface area contributed by atoms with Crippen LogP contribution in [0.5, 0.6) is 0 Å². The third kappa shape index (κ3) is 2.11. The zero-order chi connectivity index (χ0) is 11.6. The van der Waals surface area contributed by atoms with Gasteiger partial charge in [0, 0.05) is 12.7 Å². The van der Waals surface area contributed by atoms with Crippen molar-refractivity contribution in [2.75, 3.05) is 7.11 Å². The molecule has 0 amide bonds. The molecular weight excluding hydrogens is 207 g/mol. The van der Waals surface area contributed by atoms with Crippen LogP contribution in [0.4, 0.5) is 4.39 Å². The van der Waals surface area contributed by atoms with Gasteiger partial charge < -0.3 is 9.47 Å². The van der Waals surface area contributed by atoms with E-state index in [0.29, 0.717) is 12.2 Å². The highest BCUT2D eigenvalue weighted by molar-refractivity contribution is 5.16. The van der Waals surface area contributed by atoms with Crippen LogP contribution in [0.25, 0.3) is 0 Å². The van der Waals surface area contributed by atoms with Crippen LogP contribution in [0.15, 0.2) is 24.3 Å². The molecule has 2 atom stereocenters. The Morgan fingerprint density at radius 2 is 2.19 bits per heavy atom. The van der Waals surface area contributed by atoms with E-state index in [9.17, 15) is 4.39 Å². The first-order valence-corrected chi connectivity index (χ1v) is 5.56. The fraction of sp³-hybridized carbons (Fsp3) is 0.538. The van der Waals surface area contributed by atoms with Crippen LogP contribution in [-0.2, 0) is 16.1 Å². The Kier molecular flexibility index (Phi) is 3.26. The Bertz CT molecular complexity index is 363. The van der Waals surface area contributed by atoms with Crippen molar-refractivity contribution in [1.82, 2.24) is 0 Å². The van der Waals surface area contributed by atoms with Crippen molar-refractivity contribution < 1.29 is 13.9 Å². The molecule has 1 saturated carbocycles. The van der Waals surface area contributed by atoms with Gasteiger partial charge in [-0.1, -0.05) is 18.2 Å². The SMILES string of the molecule is COC1(C)CCC1OCc1ccccc1F. The van der Waals surface area contributed by atoms with E-state index < -0.39 is 0 Å². The number of hydrogen-bond acceptors (Lipinski definition) is 2. The maximum atomic E-state index is 13.3. The number of benzene rings is 1. The van der Waals surface area contributed by atoms with E-state index in [-0.39, 0.29) is 17.5 Å². The summed E-state index contributed by atoms with van der Waals surface area (Å²) in [5.74, 6) is -0.207. The van der Waals surface area contributed by atoms with Crippen LogP contribution in [0.1, 0.15) is 25.3 Å². The summed E-state index contributed by atoms with van der Waals surface area (Å²) in [4.78, 5) is 0. The van der Waals surface area contributed by atoms with E-state index in [1.807, 2.05) is 13.0 Å². The minimum Gasteiger partial charge on any atom is -0.376 e. The molecule has 88 valence electrons. The molecule has 0 saturated heterocycles. The lowest BCUT2D eigenvalue weighted by Gasteiger charge is -2.45. The predicted molar refractivity (Wildman–Crippen MR) is 59.6 cm³/mol.